The molecule has 23 heavy (non-hydrogen) atoms. The van der Waals surface area contributed by atoms with Gasteiger partial charge in [0.05, 0.1) is 6.61 Å². The van der Waals surface area contributed by atoms with Crippen molar-refractivity contribution in [1.29, 1.82) is 0 Å². The number of hydrazine groups is 1. The second-order valence-electron chi connectivity index (χ2n) is 4.89. The van der Waals surface area contributed by atoms with Crippen LogP contribution in [0.25, 0.3) is 0 Å². The number of rotatable bonds is 8. The summed E-state index contributed by atoms with van der Waals surface area (Å²) < 4.78 is 10.9. The smallest absolute Gasteiger partial charge is 0.279 e. The highest BCUT2D eigenvalue weighted by atomic mass is 32.1. The van der Waals surface area contributed by atoms with Gasteiger partial charge in [-0.2, -0.15) is 0 Å². The van der Waals surface area contributed by atoms with Crippen LogP contribution in [0.2, 0.25) is 0 Å². The van der Waals surface area contributed by atoms with Gasteiger partial charge in [0.15, 0.2) is 11.2 Å². The number of thiocarbonyl (C=S) groups is 1. The highest BCUT2D eigenvalue weighted by molar-refractivity contribution is 7.80. The van der Waals surface area contributed by atoms with Crippen molar-refractivity contribution < 1.29 is 14.3 Å². The molecule has 128 valence electrons. The number of nitrogens with one attached hydrogen (secondary N) is 3. The summed E-state index contributed by atoms with van der Waals surface area (Å²) in [6, 6.07) is 7.13. The van der Waals surface area contributed by atoms with E-state index in [0.717, 1.165) is 25.1 Å². The van der Waals surface area contributed by atoms with E-state index >= 15 is 0 Å². The van der Waals surface area contributed by atoms with Crippen LogP contribution in [0, 0.1) is 0 Å². The first-order valence-electron chi connectivity index (χ1n) is 7.80. The summed E-state index contributed by atoms with van der Waals surface area (Å²) in [5.74, 6) is 1.06. The molecule has 7 heteroatoms. The van der Waals surface area contributed by atoms with Crippen molar-refractivity contribution in [1.82, 2.24) is 16.2 Å². The first kappa shape index (κ1) is 19.0. The minimum atomic E-state index is -0.654. The Morgan fingerprint density at radius 1 is 1.17 bits per heavy atom. The fraction of sp³-hybridized carbons (Fsp3) is 0.500. The Bertz CT molecular complexity index is 494. The Kier molecular flexibility index (Phi) is 8.82. The molecule has 0 saturated heterocycles. The minimum Gasteiger partial charge on any atom is -0.494 e. The monoisotopic (exact) mass is 339 g/mol. The maximum absolute atomic E-state index is 11.9. The Morgan fingerprint density at radius 2 is 1.83 bits per heavy atom. The van der Waals surface area contributed by atoms with Crippen molar-refractivity contribution in [3.05, 3.63) is 24.3 Å². The van der Waals surface area contributed by atoms with Crippen molar-refractivity contribution in [2.75, 3.05) is 13.2 Å². The lowest BCUT2D eigenvalue weighted by Gasteiger charge is -2.16. The molecule has 1 atom stereocenters. The normalized spacial score (nSPS) is 11.3. The largest absolute Gasteiger partial charge is 0.494 e. The van der Waals surface area contributed by atoms with Crippen LogP contribution in [-0.2, 0) is 4.79 Å². The Balaban J connectivity index is 2.34. The third kappa shape index (κ3) is 7.69. The summed E-state index contributed by atoms with van der Waals surface area (Å²) in [7, 11) is 0. The standard InChI is InChI=1S/C16H25N3O3S/c1-4-6-11-17-16(23)19-18-15(20)12(3)22-14-9-7-13(8-10-14)21-5-2/h7-10,12H,4-6,11H2,1-3H3,(H,18,20)(H2,17,19,23)/t12-/m0/s1. The summed E-state index contributed by atoms with van der Waals surface area (Å²) in [5.41, 5.74) is 5.17. The van der Waals surface area contributed by atoms with Crippen LogP contribution < -0.4 is 25.6 Å². The summed E-state index contributed by atoms with van der Waals surface area (Å²) in [6.45, 7) is 7.07. The molecule has 0 aliphatic rings. The zero-order valence-electron chi connectivity index (χ0n) is 13.8. The highest BCUT2D eigenvalue weighted by Crippen LogP contribution is 2.18. The lowest BCUT2D eigenvalue weighted by Crippen LogP contribution is -2.50. The number of carbonyl (C=O) groups is 1. The average Bonchev–Trinajstić information content (AvgIpc) is 2.55. The molecule has 0 spiro atoms. The average molecular weight is 339 g/mol. The van der Waals surface area contributed by atoms with Crippen molar-refractivity contribution in [2.45, 2.75) is 39.7 Å². The third-order valence-electron chi connectivity index (χ3n) is 2.93. The van der Waals surface area contributed by atoms with E-state index < -0.39 is 6.10 Å². The molecular weight excluding hydrogens is 314 g/mol. The lowest BCUT2D eigenvalue weighted by molar-refractivity contribution is -0.127. The van der Waals surface area contributed by atoms with Gasteiger partial charge in [-0.05, 0) is 56.8 Å². The van der Waals surface area contributed by atoms with E-state index in [1.807, 2.05) is 6.92 Å². The van der Waals surface area contributed by atoms with Gasteiger partial charge in [-0.15, -0.1) is 0 Å². The number of unbranched alkanes of at least 4 members (excludes halogenated alkanes) is 1. The molecule has 1 aromatic carbocycles. The molecule has 1 rings (SSSR count). The van der Waals surface area contributed by atoms with Gasteiger partial charge >= 0.3 is 0 Å². The third-order valence-corrected chi connectivity index (χ3v) is 3.18. The fourth-order valence-corrected chi connectivity index (χ4v) is 1.83. The molecule has 0 heterocycles. The predicted octanol–water partition coefficient (Wildman–Crippen LogP) is 2.15. The van der Waals surface area contributed by atoms with Crippen molar-refractivity contribution in [3.63, 3.8) is 0 Å². The second-order valence-corrected chi connectivity index (χ2v) is 5.30. The van der Waals surface area contributed by atoms with Crippen molar-refractivity contribution in [2.24, 2.45) is 0 Å². The molecule has 0 unspecified atom stereocenters. The highest BCUT2D eigenvalue weighted by Gasteiger charge is 2.14. The first-order valence-corrected chi connectivity index (χ1v) is 8.20. The number of hydrogen-bond acceptors (Lipinski definition) is 4. The SMILES string of the molecule is CCCCNC(=S)NNC(=O)[C@H](C)Oc1ccc(OCC)cc1. The second kappa shape index (κ2) is 10.7. The van der Waals surface area contributed by atoms with Gasteiger partial charge in [0, 0.05) is 6.54 Å². The van der Waals surface area contributed by atoms with Crippen LogP contribution in [0.15, 0.2) is 24.3 Å². The van der Waals surface area contributed by atoms with Gasteiger partial charge in [0.25, 0.3) is 5.91 Å². The zero-order valence-corrected chi connectivity index (χ0v) is 14.7. The number of ether oxygens (including phenoxy) is 2. The van der Waals surface area contributed by atoms with Gasteiger partial charge < -0.3 is 14.8 Å². The summed E-state index contributed by atoms with van der Waals surface area (Å²) in [4.78, 5) is 11.9. The molecule has 1 amide bonds. The molecule has 6 nitrogen and oxygen atoms in total. The molecule has 0 fully saturated rings. The topological polar surface area (TPSA) is 71.6 Å². The lowest BCUT2D eigenvalue weighted by atomic mass is 10.3. The van der Waals surface area contributed by atoms with Gasteiger partial charge in [-0.25, -0.2) is 0 Å². The maximum Gasteiger partial charge on any atom is 0.279 e. The predicted molar refractivity (Wildman–Crippen MR) is 94.5 cm³/mol. The van der Waals surface area contributed by atoms with Crippen molar-refractivity contribution in [3.8, 4) is 11.5 Å². The van der Waals surface area contributed by atoms with Crippen molar-refractivity contribution >= 4 is 23.2 Å². The molecule has 0 bridgehead atoms. The molecule has 3 N–H and O–H groups in total. The fourth-order valence-electron chi connectivity index (χ4n) is 1.68. The molecule has 0 aliphatic carbocycles. The molecule has 0 saturated carbocycles. The summed E-state index contributed by atoms with van der Waals surface area (Å²) in [5, 5.41) is 3.39. The van der Waals surface area contributed by atoms with Crippen LogP contribution in [0.3, 0.4) is 0 Å². The van der Waals surface area contributed by atoms with Crippen LogP contribution in [-0.4, -0.2) is 30.3 Å². The minimum absolute atomic E-state index is 0.307. The molecule has 0 aromatic heterocycles. The molecule has 1 aromatic rings. The number of carbonyl (C=O) groups excluding carboxylic acids is 1. The first-order chi connectivity index (χ1) is 11.1. The van der Waals surface area contributed by atoms with E-state index in [1.165, 1.54) is 0 Å². The Morgan fingerprint density at radius 3 is 2.43 bits per heavy atom. The zero-order chi connectivity index (χ0) is 17.1. The van der Waals surface area contributed by atoms with E-state index in [0.29, 0.717) is 17.5 Å². The number of amides is 1. The number of hydrogen-bond donors (Lipinski definition) is 3. The van der Waals surface area contributed by atoms with E-state index in [2.05, 4.69) is 23.1 Å². The Labute approximate surface area is 142 Å². The maximum atomic E-state index is 11.9. The van der Waals surface area contributed by atoms with Gasteiger partial charge in [-0.1, -0.05) is 13.3 Å². The number of benzene rings is 1. The van der Waals surface area contributed by atoms with Crippen LogP contribution in [0.5, 0.6) is 11.5 Å². The molecular formula is C16H25N3O3S. The van der Waals surface area contributed by atoms with E-state index in [9.17, 15) is 4.79 Å². The van der Waals surface area contributed by atoms with E-state index in [4.69, 9.17) is 21.7 Å². The van der Waals surface area contributed by atoms with Gasteiger partial charge in [-0.3, -0.25) is 15.6 Å². The van der Waals surface area contributed by atoms with E-state index in [1.54, 1.807) is 31.2 Å². The quantitative estimate of drug-likeness (QED) is 0.383. The van der Waals surface area contributed by atoms with Gasteiger partial charge in [0.2, 0.25) is 0 Å². The summed E-state index contributed by atoms with van der Waals surface area (Å²) in [6.07, 6.45) is 1.45. The summed E-state index contributed by atoms with van der Waals surface area (Å²) >= 11 is 5.05. The van der Waals surface area contributed by atoms with Gasteiger partial charge in [0.1, 0.15) is 11.5 Å². The molecule has 0 radical (unpaired) electrons. The van der Waals surface area contributed by atoms with Crippen LogP contribution in [0.4, 0.5) is 0 Å². The molecule has 0 aliphatic heterocycles. The van der Waals surface area contributed by atoms with Crippen LogP contribution in [0.1, 0.15) is 33.6 Å². The van der Waals surface area contributed by atoms with E-state index in [-0.39, 0.29) is 5.91 Å². The van der Waals surface area contributed by atoms with Crippen LogP contribution >= 0.6 is 12.2 Å². The Hall–Kier alpha value is -2.02.